The van der Waals surface area contributed by atoms with E-state index in [1.54, 1.807) is 0 Å². The van der Waals surface area contributed by atoms with E-state index in [4.69, 9.17) is 5.11 Å². The van der Waals surface area contributed by atoms with Crippen LogP contribution in [0.15, 0.2) is 11.6 Å². The molecule has 1 nitrogen and oxygen atoms in total. The Kier molecular flexibility index (Phi) is 6.71. The molecule has 0 heterocycles. The Morgan fingerprint density at radius 1 is 1.33 bits per heavy atom. The van der Waals surface area contributed by atoms with Gasteiger partial charge >= 0.3 is 0 Å². The topological polar surface area (TPSA) is 20.2 Å². The maximum Gasteiger partial charge on any atom is 0 e. The van der Waals surface area contributed by atoms with Crippen LogP contribution in [-0.2, 0) is 32.7 Å². The number of hydrogen-bond acceptors (Lipinski definition) is 1. The summed E-state index contributed by atoms with van der Waals surface area (Å²) in [5.41, 5.74) is 1.29. The Labute approximate surface area is 101 Å². The smallest absolute Gasteiger partial charge is 0 e. The van der Waals surface area contributed by atoms with Gasteiger partial charge in [0.25, 0.3) is 0 Å². The first-order chi connectivity index (χ1) is 5.22. The van der Waals surface area contributed by atoms with Crippen molar-refractivity contribution in [3.63, 3.8) is 0 Å². The van der Waals surface area contributed by atoms with Crippen LogP contribution < -0.4 is 0 Å². The molecular formula is C10H16OY-2. The van der Waals surface area contributed by atoms with Gasteiger partial charge in [0.2, 0.25) is 0 Å². The van der Waals surface area contributed by atoms with E-state index in [9.17, 15) is 0 Å². The van der Waals surface area contributed by atoms with Gasteiger partial charge in [0.05, 0.1) is 0 Å². The Hall–Kier alpha value is 0.804. The van der Waals surface area contributed by atoms with E-state index in [1.807, 2.05) is 0 Å². The summed E-state index contributed by atoms with van der Waals surface area (Å²) in [5, 5.41) is 9.16. The fourth-order valence-corrected chi connectivity index (χ4v) is 1.45. The van der Waals surface area contributed by atoms with E-state index in [1.165, 1.54) is 18.4 Å². The Morgan fingerprint density at radius 2 is 2.00 bits per heavy atom. The second kappa shape index (κ2) is 6.29. The molecule has 1 aliphatic carbocycles. The van der Waals surface area contributed by atoms with Crippen molar-refractivity contribution in [2.75, 3.05) is 0 Å². The zero-order valence-corrected chi connectivity index (χ0v) is 10.3. The zero-order valence-electron chi connectivity index (χ0n) is 7.50. The predicted octanol–water partition coefficient (Wildman–Crippen LogP) is 2.13. The molecule has 1 radical (unpaired) electrons. The van der Waals surface area contributed by atoms with E-state index in [0.717, 1.165) is 12.8 Å². The van der Waals surface area contributed by atoms with Gasteiger partial charge in [0.15, 0.2) is 0 Å². The van der Waals surface area contributed by atoms with Gasteiger partial charge in [-0.05, 0) is 25.7 Å². The summed E-state index contributed by atoms with van der Waals surface area (Å²) < 4.78 is 0. The molecule has 12 heavy (non-hydrogen) atoms. The van der Waals surface area contributed by atoms with Crippen LogP contribution in [0.1, 0.15) is 25.7 Å². The third-order valence-electron chi connectivity index (χ3n) is 2.27. The van der Waals surface area contributed by atoms with E-state index in [2.05, 4.69) is 19.9 Å². The maximum atomic E-state index is 9.16. The number of aliphatic hydroxyl groups is 1. The SMILES string of the molecule is [CH2-][C@@H](O)[C@@H]([CH2-])C1=CCCCC1.[Y]. The largest absolute Gasteiger partial charge is 0.427 e. The molecule has 0 amide bonds. The second-order valence-corrected chi connectivity index (χ2v) is 3.20. The van der Waals surface area contributed by atoms with Gasteiger partial charge in [-0.15, -0.1) is 5.57 Å². The van der Waals surface area contributed by atoms with Crippen molar-refractivity contribution < 1.29 is 37.8 Å². The summed E-state index contributed by atoms with van der Waals surface area (Å²) in [7, 11) is 0. The maximum absolute atomic E-state index is 9.16. The quantitative estimate of drug-likeness (QED) is 0.580. The standard InChI is InChI=1S/C10H16O.Y/c1-8(9(2)11)10-6-4-3-5-7-10;/h6,8-9,11H,1-5,7H2;/q-2;/t8-,9-;/m1./s1. The molecule has 0 aromatic rings. The molecule has 0 unspecified atom stereocenters. The van der Waals surface area contributed by atoms with Crippen molar-refractivity contribution in [1.82, 2.24) is 0 Å². The predicted molar refractivity (Wildman–Crippen MR) is 46.8 cm³/mol. The minimum atomic E-state index is -0.542. The third kappa shape index (κ3) is 3.68. The van der Waals surface area contributed by atoms with Gasteiger partial charge in [-0.2, -0.15) is 5.92 Å². The number of rotatable bonds is 2. The monoisotopic (exact) mass is 241 g/mol. The number of hydrogen-bond donors (Lipinski definition) is 1. The van der Waals surface area contributed by atoms with Crippen molar-refractivity contribution in [3.8, 4) is 0 Å². The minimum absolute atomic E-state index is 0. The average Bonchev–Trinajstić information content (AvgIpc) is 2.05. The summed E-state index contributed by atoms with van der Waals surface area (Å²) >= 11 is 0. The molecule has 1 aliphatic rings. The first-order valence-electron chi connectivity index (χ1n) is 4.25. The molecule has 0 aromatic heterocycles. The fraction of sp³-hybridized carbons (Fsp3) is 0.600. The summed E-state index contributed by atoms with van der Waals surface area (Å²) in [5.74, 6) is 0.00954. The van der Waals surface area contributed by atoms with Gasteiger partial charge in [0, 0.05) is 32.7 Å². The Balaban J connectivity index is 0.00000121. The van der Waals surface area contributed by atoms with Crippen LogP contribution in [0.4, 0.5) is 0 Å². The fourth-order valence-electron chi connectivity index (χ4n) is 1.45. The molecule has 0 saturated heterocycles. The van der Waals surface area contributed by atoms with Crippen LogP contribution in [0.5, 0.6) is 0 Å². The molecule has 2 atom stereocenters. The van der Waals surface area contributed by atoms with E-state index >= 15 is 0 Å². The van der Waals surface area contributed by atoms with Crippen LogP contribution in [0.25, 0.3) is 0 Å². The molecule has 0 aliphatic heterocycles. The molecule has 0 fully saturated rings. The molecule has 1 rings (SSSR count). The first kappa shape index (κ1) is 12.8. The van der Waals surface area contributed by atoms with Crippen molar-refractivity contribution in [2.45, 2.75) is 31.8 Å². The summed E-state index contributed by atoms with van der Waals surface area (Å²) in [6.45, 7) is 7.45. The molecule has 1 N–H and O–H groups in total. The van der Waals surface area contributed by atoms with E-state index in [0.29, 0.717) is 0 Å². The van der Waals surface area contributed by atoms with Crippen LogP contribution in [0, 0.1) is 19.8 Å². The third-order valence-corrected chi connectivity index (χ3v) is 2.27. The molecule has 0 aromatic carbocycles. The second-order valence-electron chi connectivity index (χ2n) is 3.20. The van der Waals surface area contributed by atoms with Gasteiger partial charge < -0.3 is 19.0 Å². The molecule has 67 valence electrons. The minimum Gasteiger partial charge on any atom is -0.427 e. The summed E-state index contributed by atoms with van der Waals surface area (Å²) in [6.07, 6.45) is 6.43. The van der Waals surface area contributed by atoms with E-state index < -0.39 is 6.10 Å². The Bertz CT molecular complexity index is 152. The normalized spacial score (nSPS) is 22.1. The van der Waals surface area contributed by atoms with E-state index in [-0.39, 0.29) is 38.6 Å². The molecule has 0 spiro atoms. The van der Waals surface area contributed by atoms with Crippen LogP contribution >= 0.6 is 0 Å². The van der Waals surface area contributed by atoms with Crippen LogP contribution in [0.2, 0.25) is 0 Å². The van der Waals surface area contributed by atoms with Crippen molar-refractivity contribution in [1.29, 1.82) is 0 Å². The summed E-state index contributed by atoms with van der Waals surface area (Å²) in [4.78, 5) is 0. The van der Waals surface area contributed by atoms with Gasteiger partial charge in [0.1, 0.15) is 0 Å². The van der Waals surface area contributed by atoms with Gasteiger partial charge in [-0.3, -0.25) is 0 Å². The van der Waals surface area contributed by atoms with Gasteiger partial charge in [-0.1, -0.05) is 12.2 Å². The van der Waals surface area contributed by atoms with Crippen LogP contribution in [-0.4, -0.2) is 11.2 Å². The van der Waals surface area contributed by atoms with Crippen molar-refractivity contribution >= 4 is 0 Å². The zero-order chi connectivity index (χ0) is 8.27. The molecular weight excluding hydrogens is 225 g/mol. The Morgan fingerprint density at radius 3 is 2.42 bits per heavy atom. The van der Waals surface area contributed by atoms with Crippen molar-refractivity contribution in [2.24, 2.45) is 5.92 Å². The first-order valence-corrected chi connectivity index (χ1v) is 4.25. The molecule has 2 heteroatoms. The number of allylic oxidation sites excluding steroid dienone is 1. The van der Waals surface area contributed by atoms with Gasteiger partial charge in [-0.25, -0.2) is 0 Å². The summed E-state index contributed by atoms with van der Waals surface area (Å²) in [6, 6.07) is 0. The molecule has 0 saturated carbocycles. The number of aliphatic hydroxyl groups excluding tert-OH is 1. The van der Waals surface area contributed by atoms with Crippen LogP contribution in [0.3, 0.4) is 0 Å². The average molecular weight is 241 g/mol. The van der Waals surface area contributed by atoms with Crippen molar-refractivity contribution in [3.05, 3.63) is 25.5 Å². The molecule has 0 bridgehead atoms.